The van der Waals surface area contributed by atoms with Crippen LogP contribution in [0.2, 0.25) is 0 Å². The van der Waals surface area contributed by atoms with Gasteiger partial charge in [-0.3, -0.25) is 0 Å². The Labute approximate surface area is 68.2 Å². The van der Waals surface area contributed by atoms with Crippen molar-refractivity contribution in [2.75, 3.05) is 0 Å². The van der Waals surface area contributed by atoms with Crippen molar-refractivity contribution in [1.29, 1.82) is 0 Å². The van der Waals surface area contributed by atoms with Crippen LogP contribution in [0.3, 0.4) is 0 Å². The summed E-state index contributed by atoms with van der Waals surface area (Å²) in [6.45, 7) is 4.17. The molecule has 0 heterocycles. The van der Waals surface area contributed by atoms with Crippen LogP contribution in [0.25, 0.3) is 0 Å². The SMILES string of the molecule is C/C=C\NC1=CC#CCC1C. The predicted molar refractivity (Wildman–Crippen MR) is 47.6 cm³/mol. The number of nitrogens with one attached hydrogen (secondary N) is 1. The van der Waals surface area contributed by atoms with Crippen LogP contribution in [0.4, 0.5) is 0 Å². The van der Waals surface area contributed by atoms with Crippen molar-refractivity contribution in [2.45, 2.75) is 20.3 Å². The minimum atomic E-state index is 0.549. The third-order valence-corrected chi connectivity index (χ3v) is 1.69. The summed E-state index contributed by atoms with van der Waals surface area (Å²) in [5.41, 5.74) is 1.22. The molecule has 1 atom stereocenters. The van der Waals surface area contributed by atoms with Crippen LogP contribution >= 0.6 is 0 Å². The zero-order valence-electron chi connectivity index (χ0n) is 7.02. The van der Waals surface area contributed by atoms with Crippen molar-refractivity contribution in [3.05, 3.63) is 24.0 Å². The molecule has 1 rings (SSSR count). The van der Waals surface area contributed by atoms with Crippen molar-refractivity contribution in [1.82, 2.24) is 5.32 Å². The lowest BCUT2D eigenvalue weighted by Gasteiger charge is -2.14. The molecule has 1 unspecified atom stereocenters. The maximum Gasteiger partial charge on any atom is 0.0269 e. The summed E-state index contributed by atoms with van der Waals surface area (Å²) < 4.78 is 0. The highest BCUT2D eigenvalue weighted by Gasteiger charge is 2.06. The molecule has 0 amide bonds. The first kappa shape index (κ1) is 7.94. The normalized spacial score (nSPS) is 22.4. The Balaban J connectivity index is 2.57. The number of allylic oxidation sites excluding steroid dienone is 3. The summed E-state index contributed by atoms with van der Waals surface area (Å²) in [5, 5.41) is 3.20. The van der Waals surface area contributed by atoms with Gasteiger partial charge in [0.2, 0.25) is 0 Å². The molecule has 1 nitrogen and oxygen atoms in total. The van der Waals surface area contributed by atoms with Gasteiger partial charge in [0.25, 0.3) is 0 Å². The molecule has 11 heavy (non-hydrogen) atoms. The van der Waals surface area contributed by atoms with Crippen LogP contribution in [-0.4, -0.2) is 0 Å². The lowest BCUT2D eigenvalue weighted by molar-refractivity contribution is 0.660. The first-order valence-electron chi connectivity index (χ1n) is 3.90. The van der Waals surface area contributed by atoms with Crippen LogP contribution in [0, 0.1) is 17.8 Å². The standard InChI is InChI=1S/C10H13N/c1-3-8-11-10-7-5-4-6-9(10)2/h3,7-9,11H,6H2,1-2H3/b8-3-. The maximum atomic E-state index is 3.20. The Morgan fingerprint density at radius 2 is 2.55 bits per heavy atom. The highest BCUT2D eigenvalue weighted by Crippen LogP contribution is 2.13. The van der Waals surface area contributed by atoms with Gasteiger partial charge in [-0.1, -0.05) is 24.8 Å². The number of hydrogen-bond donors (Lipinski definition) is 1. The molecule has 1 N–H and O–H groups in total. The Morgan fingerprint density at radius 1 is 1.73 bits per heavy atom. The third-order valence-electron chi connectivity index (χ3n) is 1.69. The fourth-order valence-corrected chi connectivity index (χ4v) is 0.957. The number of rotatable bonds is 2. The predicted octanol–water partition coefficient (Wildman–Crippen LogP) is 2.04. The van der Waals surface area contributed by atoms with E-state index in [4.69, 9.17) is 0 Å². The molecule has 1 aliphatic carbocycles. The molecule has 0 radical (unpaired) electrons. The zero-order chi connectivity index (χ0) is 8.10. The summed E-state index contributed by atoms with van der Waals surface area (Å²) in [6, 6.07) is 0. The molecule has 0 aromatic carbocycles. The molecular weight excluding hydrogens is 134 g/mol. The van der Waals surface area contributed by atoms with E-state index in [0.717, 1.165) is 6.42 Å². The first-order chi connectivity index (χ1) is 5.34. The van der Waals surface area contributed by atoms with Gasteiger partial charge in [-0.15, -0.1) is 0 Å². The average Bonchev–Trinajstić information content (AvgIpc) is 2.03. The fraction of sp³-hybridized carbons (Fsp3) is 0.400. The van der Waals surface area contributed by atoms with Gasteiger partial charge in [0.1, 0.15) is 0 Å². The first-order valence-corrected chi connectivity index (χ1v) is 3.90. The molecule has 0 aromatic heterocycles. The van der Waals surface area contributed by atoms with Crippen molar-refractivity contribution < 1.29 is 0 Å². The van der Waals surface area contributed by atoms with Crippen LogP contribution in [0.15, 0.2) is 24.0 Å². The second kappa shape index (κ2) is 3.88. The minimum absolute atomic E-state index is 0.549. The minimum Gasteiger partial charge on any atom is -0.365 e. The van der Waals surface area contributed by atoms with Crippen LogP contribution in [-0.2, 0) is 0 Å². The van der Waals surface area contributed by atoms with Gasteiger partial charge in [-0.2, -0.15) is 0 Å². The van der Waals surface area contributed by atoms with Crippen molar-refractivity contribution >= 4 is 0 Å². The van der Waals surface area contributed by atoms with Crippen LogP contribution < -0.4 is 5.32 Å². The fourth-order valence-electron chi connectivity index (χ4n) is 0.957. The van der Waals surface area contributed by atoms with Gasteiger partial charge in [0.15, 0.2) is 0 Å². The second-order valence-corrected chi connectivity index (χ2v) is 2.67. The summed E-state index contributed by atoms with van der Waals surface area (Å²) in [7, 11) is 0. The Kier molecular flexibility index (Phi) is 2.80. The lowest BCUT2D eigenvalue weighted by Crippen LogP contribution is -2.14. The topological polar surface area (TPSA) is 12.0 Å². The van der Waals surface area contributed by atoms with Gasteiger partial charge in [-0.05, 0) is 13.1 Å². The van der Waals surface area contributed by atoms with Crippen LogP contribution in [0.5, 0.6) is 0 Å². The molecule has 0 spiro atoms. The van der Waals surface area contributed by atoms with E-state index in [1.54, 1.807) is 0 Å². The van der Waals surface area contributed by atoms with Crippen molar-refractivity contribution in [2.24, 2.45) is 5.92 Å². The molecule has 0 fully saturated rings. The quantitative estimate of drug-likeness (QED) is 0.589. The molecule has 58 valence electrons. The van der Waals surface area contributed by atoms with E-state index < -0.39 is 0 Å². The third kappa shape index (κ3) is 2.16. The van der Waals surface area contributed by atoms with Crippen molar-refractivity contribution in [3.63, 3.8) is 0 Å². The monoisotopic (exact) mass is 147 g/mol. The molecule has 0 saturated carbocycles. The summed E-state index contributed by atoms with van der Waals surface area (Å²) >= 11 is 0. The van der Waals surface area contributed by atoms with E-state index in [-0.39, 0.29) is 0 Å². The molecule has 1 heteroatoms. The smallest absolute Gasteiger partial charge is 0.0269 e. The van der Waals surface area contributed by atoms with Gasteiger partial charge >= 0.3 is 0 Å². The molecule has 0 bridgehead atoms. The van der Waals surface area contributed by atoms with Gasteiger partial charge in [0.05, 0.1) is 0 Å². The van der Waals surface area contributed by atoms with Crippen LogP contribution in [0.1, 0.15) is 20.3 Å². The van der Waals surface area contributed by atoms with E-state index in [1.807, 2.05) is 25.3 Å². The average molecular weight is 147 g/mol. The highest BCUT2D eigenvalue weighted by atomic mass is 14.9. The van der Waals surface area contributed by atoms with E-state index in [1.165, 1.54) is 5.70 Å². The maximum absolute atomic E-state index is 3.20. The largest absolute Gasteiger partial charge is 0.365 e. The van der Waals surface area contributed by atoms with E-state index in [0.29, 0.717) is 5.92 Å². The lowest BCUT2D eigenvalue weighted by atomic mass is 10.0. The van der Waals surface area contributed by atoms with Crippen molar-refractivity contribution in [3.8, 4) is 11.8 Å². The van der Waals surface area contributed by atoms with Gasteiger partial charge in [-0.25, -0.2) is 0 Å². The summed E-state index contributed by atoms with van der Waals surface area (Å²) in [6.07, 6.45) is 6.84. The molecular formula is C10H13N. The van der Waals surface area contributed by atoms with E-state index in [9.17, 15) is 0 Å². The highest BCUT2D eigenvalue weighted by molar-refractivity contribution is 5.27. The summed E-state index contributed by atoms with van der Waals surface area (Å²) in [4.78, 5) is 0. The van der Waals surface area contributed by atoms with Gasteiger partial charge < -0.3 is 5.32 Å². The molecule has 0 aromatic rings. The van der Waals surface area contributed by atoms with E-state index in [2.05, 4.69) is 24.1 Å². The summed E-state index contributed by atoms with van der Waals surface area (Å²) in [5.74, 6) is 6.56. The Morgan fingerprint density at radius 3 is 3.18 bits per heavy atom. The van der Waals surface area contributed by atoms with Gasteiger partial charge in [0, 0.05) is 24.1 Å². The molecule has 0 aliphatic heterocycles. The Hall–Kier alpha value is -1.16. The molecule has 1 aliphatic rings. The zero-order valence-corrected chi connectivity index (χ0v) is 7.02. The molecule has 0 saturated heterocycles. The second-order valence-electron chi connectivity index (χ2n) is 2.67. The number of hydrogen-bond acceptors (Lipinski definition) is 1. The Bertz CT molecular complexity index is 237. The van der Waals surface area contributed by atoms with E-state index >= 15 is 0 Å².